The van der Waals surface area contributed by atoms with Crippen LogP contribution in [0.4, 0.5) is 0 Å². The number of esters is 2. The fourth-order valence-electron chi connectivity index (χ4n) is 5.05. The maximum atomic E-state index is 14.2. The summed E-state index contributed by atoms with van der Waals surface area (Å²) in [6.45, 7) is 5.66. The van der Waals surface area contributed by atoms with Gasteiger partial charge in [-0.05, 0) is 68.3 Å². The number of thiazole rings is 1. The largest absolute Gasteiger partial charge is 0.490 e. The Hall–Kier alpha value is -4.87. The molecule has 1 atom stereocenters. The highest BCUT2D eigenvalue weighted by Gasteiger charge is 2.34. The van der Waals surface area contributed by atoms with E-state index in [0.717, 1.165) is 5.56 Å². The average Bonchev–Trinajstić information content (AvgIpc) is 3.36. The SMILES string of the molecule is CCOC(=O)C1=C(C)N=c2s/c(=C/c3ccccc3OCc3cccc(Cl)c3)c(=O)n2[C@H]1c1ccc(OCC(=O)OC)c(OCC)c1. The molecule has 244 valence electrons. The average molecular weight is 677 g/mol. The van der Waals surface area contributed by atoms with Crippen molar-refractivity contribution >= 4 is 41.0 Å². The van der Waals surface area contributed by atoms with Crippen molar-refractivity contribution in [2.45, 2.75) is 33.4 Å². The number of allylic oxidation sites excluding steroid dienone is 1. The quantitative estimate of drug-likeness (QED) is 0.193. The molecule has 0 amide bonds. The van der Waals surface area contributed by atoms with Crippen LogP contribution in [0, 0.1) is 0 Å². The first-order valence-corrected chi connectivity index (χ1v) is 16.1. The Morgan fingerprint density at radius 1 is 0.957 bits per heavy atom. The van der Waals surface area contributed by atoms with Crippen molar-refractivity contribution in [1.29, 1.82) is 0 Å². The molecule has 0 spiro atoms. The standard InChI is InChI=1S/C35H33ClN2O8S/c1-5-43-28-17-24(14-15-27(28)46-20-30(39)42-4)32-31(34(41)44-6-2)21(3)37-35-38(32)33(40)29(47-35)18-23-11-7-8-13-26(23)45-19-22-10-9-12-25(36)16-22/h7-18,32H,5-6,19-20H2,1-4H3/b29-18+/t32-/m0/s1. The van der Waals surface area contributed by atoms with Crippen LogP contribution in [0.5, 0.6) is 17.2 Å². The van der Waals surface area contributed by atoms with Gasteiger partial charge in [0.25, 0.3) is 5.56 Å². The van der Waals surface area contributed by atoms with Crippen molar-refractivity contribution in [3.8, 4) is 17.2 Å². The Morgan fingerprint density at radius 2 is 1.77 bits per heavy atom. The number of ether oxygens (including phenoxy) is 5. The number of fused-ring (bicyclic) bond motifs is 1. The predicted octanol–water partition coefficient (Wildman–Crippen LogP) is 4.98. The number of methoxy groups -OCH3 is 1. The Morgan fingerprint density at radius 3 is 2.51 bits per heavy atom. The molecule has 47 heavy (non-hydrogen) atoms. The maximum Gasteiger partial charge on any atom is 0.343 e. The highest BCUT2D eigenvalue weighted by molar-refractivity contribution is 7.07. The molecule has 0 aliphatic carbocycles. The van der Waals surface area contributed by atoms with Gasteiger partial charge in [-0.1, -0.05) is 59.3 Å². The Kier molecular flexibility index (Phi) is 10.8. The number of hydrogen-bond acceptors (Lipinski definition) is 10. The second-order valence-electron chi connectivity index (χ2n) is 10.3. The van der Waals surface area contributed by atoms with Crippen LogP contribution in [0.15, 0.2) is 87.8 Å². The Balaban J connectivity index is 1.60. The molecule has 1 aromatic heterocycles. The van der Waals surface area contributed by atoms with Gasteiger partial charge in [0.1, 0.15) is 12.4 Å². The summed E-state index contributed by atoms with van der Waals surface area (Å²) >= 11 is 7.34. The van der Waals surface area contributed by atoms with Crippen molar-refractivity contribution < 1.29 is 33.3 Å². The van der Waals surface area contributed by atoms with Gasteiger partial charge in [0.2, 0.25) is 0 Å². The van der Waals surface area contributed by atoms with Gasteiger partial charge in [-0.15, -0.1) is 0 Å². The van der Waals surface area contributed by atoms with Crippen molar-refractivity contribution in [2.75, 3.05) is 26.9 Å². The van der Waals surface area contributed by atoms with E-state index >= 15 is 0 Å². The first-order valence-electron chi connectivity index (χ1n) is 14.9. The van der Waals surface area contributed by atoms with Crippen molar-refractivity contribution in [1.82, 2.24) is 4.57 Å². The lowest BCUT2D eigenvalue weighted by Crippen LogP contribution is -2.40. The zero-order valence-corrected chi connectivity index (χ0v) is 27.9. The summed E-state index contributed by atoms with van der Waals surface area (Å²) in [6, 6.07) is 19.0. The van der Waals surface area contributed by atoms with Crippen molar-refractivity contribution in [2.24, 2.45) is 4.99 Å². The number of aromatic nitrogens is 1. The number of hydrogen-bond donors (Lipinski definition) is 0. The second kappa shape index (κ2) is 15.1. The van der Waals surface area contributed by atoms with Crippen LogP contribution in [-0.2, 0) is 25.7 Å². The molecule has 0 unspecified atom stereocenters. The Labute approximate surface area is 280 Å². The minimum absolute atomic E-state index is 0.142. The summed E-state index contributed by atoms with van der Waals surface area (Å²) in [6.07, 6.45) is 1.76. The van der Waals surface area contributed by atoms with Crippen LogP contribution < -0.4 is 29.1 Å². The van der Waals surface area contributed by atoms with Crippen LogP contribution in [0.1, 0.15) is 43.5 Å². The minimum atomic E-state index is -0.879. The molecule has 3 aromatic carbocycles. The van der Waals surface area contributed by atoms with Crippen LogP contribution in [0.2, 0.25) is 5.02 Å². The number of nitrogens with zero attached hydrogens (tertiary/aromatic N) is 2. The molecule has 0 radical (unpaired) electrons. The van der Waals surface area contributed by atoms with Crippen LogP contribution >= 0.6 is 22.9 Å². The first kappa shape index (κ1) is 33.5. The van der Waals surface area contributed by atoms with Gasteiger partial charge < -0.3 is 23.7 Å². The maximum absolute atomic E-state index is 14.2. The smallest absolute Gasteiger partial charge is 0.343 e. The molecule has 10 nitrogen and oxygen atoms in total. The van der Waals surface area contributed by atoms with Gasteiger partial charge in [0.05, 0.1) is 42.2 Å². The fourth-order valence-corrected chi connectivity index (χ4v) is 6.30. The summed E-state index contributed by atoms with van der Waals surface area (Å²) in [5, 5.41) is 0.615. The zero-order chi connectivity index (χ0) is 33.5. The molecule has 0 saturated heterocycles. The summed E-state index contributed by atoms with van der Waals surface area (Å²) in [7, 11) is 1.27. The molecule has 0 saturated carbocycles. The summed E-state index contributed by atoms with van der Waals surface area (Å²) in [5.74, 6) is 0.0861. The summed E-state index contributed by atoms with van der Waals surface area (Å²) in [4.78, 5) is 44.4. The molecule has 0 bridgehead atoms. The molecule has 0 fully saturated rings. The molecule has 0 N–H and O–H groups in total. The van der Waals surface area contributed by atoms with E-state index in [4.69, 9.17) is 30.5 Å². The van der Waals surface area contributed by atoms with E-state index in [1.54, 1.807) is 44.2 Å². The topological polar surface area (TPSA) is 115 Å². The van der Waals surface area contributed by atoms with E-state index in [1.165, 1.54) is 23.0 Å². The normalized spacial score (nSPS) is 14.2. The third-order valence-electron chi connectivity index (χ3n) is 7.16. The zero-order valence-electron chi connectivity index (χ0n) is 26.3. The lowest BCUT2D eigenvalue weighted by molar-refractivity contribution is -0.143. The van der Waals surface area contributed by atoms with Gasteiger partial charge in [-0.25, -0.2) is 14.6 Å². The number of para-hydroxylation sites is 1. The van der Waals surface area contributed by atoms with Crippen LogP contribution in [0.25, 0.3) is 6.08 Å². The second-order valence-corrected chi connectivity index (χ2v) is 11.7. The number of halogens is 1. The minimum Gasteiger partial charge on any atom is -0.490 e. The molecule has 4 aromatic rings. The van der Waals surface area contributed by atoms with Crippen molar-refractivity contribution in [3.63, 3.8) is 0 Å². The fraction of sp³-hybridized carbons (Fsp3) is 0.257. The summed E-state index contributed by atoms with van der Waals surface area (Å²) in [5.41, 5.74) is 2.47. The van der Waals surface area contributed by atoms with E-state index in [-0.39, 0.29) is 31.0 Å². The number of benzene rings is 3. The van der Waals surface area contributed by atoms with Crippen LogP contribution in [0.3, 0.4) is 0 Å². The molecule has 1 aliphatic rings. The van der Waals surface area contributed by atoms with E-state index in [9.17, 15) is 14.4 Å². The van der Waals surface area contributed by atoms with Crippen LogP contribution in [-0.4, -0.2) is 43.4 Å². The van der Waals surface area contributed by atoms with E-state index in [2.05, 4.69) is 9.73 Å². The lowest BCUT2D eigenvalue weighted by Gasteiger charge is -2.25. The highest BCUT2D eigenvalue weighted by Crippen LogP contribution is 2.36. The molecule has 2 heterocycles. The molecular weight excluding hydrogens is 644 g/mol. The Bertz CT molecular complexity index is 2020. The summed E-state index contributed by atoms with van der Waals surface area (Å²) < 4.78 is 29.6. The van der Waals surface area contributed by atoms with Gasteiger partial charge in [0, 0.05) is 10.6 Å². The van der Waals surface area contributed by atoms with E-state index < -0.39 is 18.0 Å². The van der Waals surface area contributed by atoms with Crippen molar-refractivity contribution in [3.05, 3.63) is 119 Å². The third kappa shape index (κ3) is 7.58. The molecular formula is C35H33ClN2O8S. The van der Waals surface area contributed by atoms with Gasteiger partial charge >= 0.3 is 11.9 Å². The molecule has 5 rings (SSSR count). The number of carbonyl (C=O) groups excluding carboxylic acids is 2. The monoisotopic (exact) mass is 676 g/mol. The lowest BCUT2D eigenvalue weighted by atomic mass is 9.95. The van der Waals surface area contributed by atoms with Gasteiger partial charge in [-0.3, -0.25) is 9.36 Å². The third-order valence-corrected chi connectivity index (χ3v) is 8.38. The predicted molar refractivity (Wildman–Crippen MR) is 178 cm³/mol. The van der Waals surface area contributed by atoms with E-state index in [1.807, 2.05) is 49.4 Å². The molecule has 1 aliphatic heterocycles. The number of carbonyl (C=O) groups is 2. The molecule has 12 heteroatoms. The first-order chi connectivity index (χ1) is 22.7. The van der Waals surface area contributed by atoms with Gasteiger partial charge in [-0.2, -0.15) is 0 Å². The van der Waals surface area contributed by atoms with E-state index in [0.29, 0.717) is 55.0 Å². The highest BCUT2D eigenvalue weighted by atomic mass is 35.5. The number of rotatable bonds is 12. The van der Waals surface area contributed by atoms with Gasteiger partial charge in [0.15, 0.2) is 22.9 Å².